The highest BCUT2D eigenvalue weighted by Gasteiger charge is 2.14. The standard InChI is InChI=1S/C22H21ClFN3O3/c1-2-3-4-5-19(28)30-22-20(25)17(10-11-26-22)14-6-8-16(9-7-14)29-21-18(24)12-15(23)13-27-21/h6-13H,2-5,25H2,1H3. The monoisotopic (exact) mass is 429 g/mol. The maximum atomic E-state index is 13.8. The summed E-state index contributed by atoms with van der Waals surface area (Å²) in [5.41, 5.74) is 7.85. The van der Waals surface area contributed by atoms with Crippen molar-refractivity contribution in [3.63, 3.8) is 0 Å². The SMILES string of the molecule is CCCCCC(=O)Oc1nccc(-c2ccc(Oc3ncc(Cl)cc3F)cc2)c1N. The van der Waals surface area contributed by atoms with Crippen LogP contribution < -0.4 is 15.2 Å². The number of hydrogen-bond acceptors (Lipinski definition) is 6. The number of carbonyl (C=O) groups excluding carboxylic acids is 1. The summed E-state index contributed by atoms with van der Waals surface area (Å²) >= 11 is 5.69. The molecule has 0 saturated carbocycles. The first kappa shape index (κ1) is 21.5. The highest BCUT2D eigenvalue weighted by atomic mass is 35.5. The summed E-state index contributed by atoms with van der Waals surface area (Å²) in [6, 6.07) is 9.66. The highest BCUT2D eigenvalue weighted by Crippen LogP contribution is 2.33. The highest BCUT2D eigenvalue weighted by molar-refractivity contribution is 6.30. The molecule has 2 heterocycles. The first-order valence-corrected chi connectivity index (χ1v) is 9.90. The van der Waals surface area contributed by atoms with Gasteiger partial charge in [-0.15, -0.1) is 0 Å². The molecule has 0 aliphatic carbocycles. The van der Waals surface area contributed by atoms with Crippen molar-refractivity contribution >= 4 is 23.3 Å². The van der Waals surface area contributed by atoms with E-state index in [0.29, 0.717) is 17.7 Å². The Hall–Kier alpha value is -3.19. The lowest BCUT2D eigenvalue weighted by Crippen LogP contribution is -2.10. The van der Waals surface area contributed by atoms with Crippen LogP contribution in [-0.2, 0) is 4.79 Å². The zero-order valence-corrected chi connectivity index (χ0v) is 17.2. The number of unbranched alkanes of at least 4 members (excludes halogenated alkanes) is 2. The van der Waals surface area contributed by atoms with Crippen molar-refractivity contribution in [1.82, 2.24) is 9.97 Å². The summed E-state index contributed by atoms with van der Waals surface area (Å²) in [6.07, 6.45) is 5.89. The first-order chi connectivity index (χ1) is 14.5. The maximum Gasteiger partial charge on any atom is 0.312 e. The summed E-state index contributed by atoms with van der Waals surface area (Å²) in [6.45, 7) is 2.06. The van der Waals surface area contributed by atoms with Crippen LogP contribution in [0.3, 0.4) is 0 Å². The number of anilines is 1. The molecule has 2 aromatic heterocycles. The fourth-order valence-electron chi connectivity index (χ4n) is 2.76. The van der Waals surface area contributed by atoms with Crippen LogP contribution in [0.15, 0.2) is 48.8 Å². The van der Waals surface area contributed by atoms with Gasteiger partial charge in [0.15, 0.2) is 5.82 Å². The van der Waals surface area contributed by atoms with Gasteiger partial charge in [-0.1, -0.05) is 43.5 Å². The predicted octanol–water partition coefficient (Wildman–Crippen LogP) is 5.80. The third kappa shape index (κ3) is 5.45. The Morgan fingerprint density at radius 1 is 1.13 bits per heavy atom. The second kappa shape index (κ2) is 10.0. The Morgan fingerprint density at radius 2 is 1.90 bits per heavy atom. The lowest BCUT2D eigenvalue weighted by atomic mass is 10.1. The summed E-state index contributed by atoms with van der Waals surface area (Å²) < 4.78 is 24.6. The number of esters is 1. The number of benzene rings is 1. The van der Waals surface area contributed by atoms with Crippen molar-refractivity contribution in [3.05, 3.63) is 59.6 Å². The van der Waals surface area contributed by atoms with Crippen LogP contribution in [0.2, 0.25) is 5.02 Å². The molecule has 0 bridgehead atoms. The molecule has 156 valence electrons. The fraction of sp³-hybridized carbons (Fsp3) is 0.227. The maximum absolute atomic E-state index is 13.8. The lowest BCUT2D eigenvalue weighted by Gasteiger charge is -2.11. The smallest absolute Gasteiger partial charge is 0.312 e. The minimum Gasteiger partial charge on any atom is -0.436 e. The van der Waals surface area contributed by atoms with E-state index in [0.717, 1.165) is 30.9 Å². The van der Waals surface area contributed by atoms with E-state index in [4.69, 9.17) is 26.8 Å². The number of halogens is 2. The van der Waals surface area contributed by atoms with Gasteiger partial charge in [0, 0.05) is 24.4 Å². The molecule has 6 nitrogen and oxygen atoms in total. The molecule has 0 unspecified atom stereocenters. The van der Waals surface area contributed by atoms with Crippen molar-refractivity contribution in [2.24, 2.45) is 0 Å². The van der Waals surface area contributed by atoms with Crippen molar-refractivity contribution in [2.45, 2.75) is 32.6 Å². The van der Waals surface area contributed by atoms with Crippen LogP contribution in [-0.4, -0.2) is 15.9 Å². The molecule has 0 spiro atoms. The van der Waals surface area contributed by atoms with Crippen molar-refractivity contribution in [3.8, 4) is 28.6 Å². The molecule has 0 fully saturated rings. The molecule has 30 heavy (non-hydrogen) atoms. The molecule has 0 saturated heterocycles. The average Bonchev–Trinajstić information content (AvgIpc) is 2.72. The minimum atomic E-state index is -0.657. The van der Waals surface area contributed by atoms with E-state index in [-0.39, 0.29) is 28.4 Å². The molecule has 1 aromatic carbocycles. The largest absolute Gasteiger partial charge is 0.436 e. The van der Waals surface area contributed by atoms with Crippen LogP contribution in [0.5, 0.6) is 17.5 Å². The molecule has 0 amide bonds. The Balaban J connectivity index is 1.73. The number of nitrogen functional groups attached to an aromatic ring is 1. The summed E-state index contributed by atoms with van der Waals surface area (Å²) in [4.78, 5) is 19.9. The summed E-state index contributed by atoms with van der Waals surface area (Å²) in [5.74, 6) is -0.714. The normalized spacial score (nSPS) is 10.6. The lowest BCUT2D eigenvalue weighted by molar-refractivity contribution is -0.134. The van der Waals surface area contributed by atoms with Gasteiger partial charge >= 0.3 is 5.97 Å². The van der Waals surface area contributed by atoms with Gasteiger partial charge in [-0.05, 0) is 36.2 Å². The molecule has 3 rings (SSSR count). The van der Waals surface area contributed by atoms with Gasteiger partial charge < -0.3 is 15.2 Å². The molecule has 8 heteroatoms. The Bertz CT molecular complexity index is 1030. The number of aromatic nitrogens is 2. The number of carbonyl (C=O) groups is 1. The molecule has 0 radical (unpaired) electrons. The summed E-state index contributed by atoms with van der Waals surface area (Å²) in [7, 11) is 0. The van der Waals surface area contributed by atoms with Crippen LogP contribution in [0.25, 0.3) is 11.1 Å². The van der Waals surface area contributed by atoms with E-state index in [1.54, 1.807) is 30.3 Å². The summed E-state index contributed by atoms with van der Waals surface area (Å²) in [5, 5.41) is 0.185. The Labute approximate surface area is 178 Å². The predicted molar refractivity (Wildman–Crippen MR) is 113 cm³/mol. The molecular weight excluding hydrogens is 409 g/mol. The molecule has 2 N–H and O–H groups in total. The van der Waals surface area contributed by atoms with Gasteiger partial charge in [-0.25, -0.2) is 14.4 Å². The Kier molecular flexibility index (Phi) is 7.19. The molecular formula is C22H21ClFN3O3. The van der Waals surface area contributed by atoms with Crippen LogP contribution in [0.1, 0.15) is 32.6 Å². The van der Waals surface area contributed by atoms with Crippen molar-refractivity contribution < 1.29 is 18.7 Å². The zero-order valence-electron chi connectivity index (χ0n) is 16.4. The second-order valence-corrected chi connectivity index (χ2v) is 7.01. The van der Waals surface area contributed by atoms with Gasteiger partial charge in [0.05, 0.1) is 5.02 Å². The van der Waals surface area contributed by atoms with E-state index >= 15 is 0 Å². The van der Waals surface area contributed by atoms with Gasteiger partial charge in [0.25, 0.3) is 5.88 Å². The van der Waals surface area contributed by atoms with E-state index < -0.39 is 5.82 Å². The molecule has 0 aliphatic rings. The molecule has 0 aliphatic heterocycles. The van der Waals surface area contributed by atoms with Gasteiger partial charge in [0.1, 0.15) is 11.4 Å². The fourth-order valence-corrected chi connectivity index (χ4v) is 2.90. The van der Waals surface area contributed by atoms with E-state index in [9.17, 15) is 9.18 Å². The minimum absolute atomic E-state index is 0.0850. The average molecular weight is 430 g/mol. The van der Waals surface area contributed by atoms with E-state index in [1.165, 1.54) is 12.4 Å². The van der Waals surface area contributed by atoms with Crippen LogP contribution >= 0.6 is 11.6 Å². The van der Waals surface area contributed by atoms with E-state index in [1.807, 2.05) is 0 Å². The zero-order chi connectivity index (χ0) is 21.5. The van der Waals surface area contributed by atoms with Crippen molar-refractivity contribution in [1.29, 1.82) is 0 Å². The number of nitrogens with two attached hydrogens (primary N) is 1. The quantitative estimate of drug-likeness (QED) is 0.360. The molecule has 0 atom stereocenters. The van der Waals surface area contributed by atoms with Crippen LogP contribution in [0, 0.1) is 5.82 Å². The first-order valence-electron chi connectivity index (χ1n) is 9.52. The third-order valence-corrected chi connectivity index (χ3v) is 4.51. The number of hydrogen-bond donors (Lipinski definition) is 1. The Morgan fingerprint density at radius 3 is 2.60 bits per heavy atom. The topological polar surface area (TPSA) is 87.3 Å². The number of pyridine rings is 2. The van der Waals surface area contributed by atoms with E-state index in [2.05, 4.69) is 16.9 Å². The van der Waals surface area contributed by atoms with Gasteiger partial charge in [-0.2, -0.15) is 0 Å². The second-order valence-electron chi connectivity index (χ2n) is 6.58. The van der Waals surface area contributed by atoms with Crippen molar-refractivity contribution in [2.75, 3.05) is 5.73 Å². The molecule has 3 aromatic rings. The van der Waals surface area contributed by atoms with Crippen LogP contribution in [0.4, 0.5) is 10.1 Å². The van der Waals surface area contributed by atoms with Gasteiger partial charge in [0.2, 0.25) is 5.88 Å². The number of ether oxygens (including phenoxy) is 2. The number of nitrogens with zero attached hydrogens (tertiary/aromatic N) is 2. The third-order valence-electron chi connectivity index (χ3n) is 4.30. The van der Waals surface area contributed by atoms with Gasteiger partial charge in [-0.3, -0.25) is 4.79 Å². The number of rotatable bonds is 8.